The summed E-state index contributed by atoms with van der Waals surface area (Å²) in [5, 5.41) is 4.70. The molecule has 0 aliphatic heterocycles. The summed E-state index contributed by atoms with van der Waals surface area (Å²) in [6, 6.07) is 37.7. The normalized spacial score (nSPS) is 11.8. The maximum absolute atomic E-state index is 6.62. The average Bonchev–Trinajstić information content (AvgIpc) is 3.39. The maximum Gasteiger partial charge on any atom is 0.136 e. The van der Waals surface area contributed by atoms with Gasteiger partial charge in [0.1, 0.15) is 11.2 Å². The third-order valence-electron chi connectivity index (χ3n) is 6.56. The summed E-state index contributed by atoms with van der Waals surface area (Å²) in [4.78, 5) is 0. The van der Waals surface area contributed by atoms with Crippen molar-refractivity contribution in [2.45, 2.75) is 0 Å². The van der Waals surface area contributed by atoms with Gasteiger partial charge in [-0.3, -0.25) is 0 Å². The molecule has 2 aromatic heterocycles. The highest BCUT2D eigenvalue weighted by molar-refractivity contribution is 6.10. The Kier molecular flexibility index (Phi) is 3.70. The van der Waals surface area contributed by atoms with Gasteiger partial charge in [0, 0.05) is 32.8 Å². The van der Waals surface area contributed by atoms with Crippen LogP contribution in [-0.2, 0) is 0 Å². The summed E-state index contributed by atoms with van der Waals surface area (Å²) in [6.45, 7) is 0. The Bertz CT molecular complexity index is 1780. The van der Waals surface area contributed by atoms with Crippen LogP contribution in [0.25, 0.3) is 60.6 Å². The van der Waals surface area contributed by atoms with E-state index in [1.807, 2.05) is 30.3 Å². The van der Waals surface area contributed by atoms with Gasteiger partial charge in [-0.05, 0) is 48.0 Å². The van der Waals surface area contributed by atoms with Crippen molar-refractivity contribution < 1.29 is 4.42 Å². The SMILES string of the molecule is Nc1cccc(-n2c3ccccc3c3ccccc32)c1-c1ccc2c(c1)oc1ccccc12. The highest BCUT2D eigenvalue weighted by Crippen LogP contribution is 2.40. The highest BCUT2D eigenvalue weighted by atomic mass is 16.3. The van der Waals surface area contributed by atoms with E-state index in [1.165, 1.54) is 10.8 Å². The van der Waals surface area contributed by atoms with E-state index < -0.39 is 0 Å². The zero-order chi connectivity index (χ0) is 21.9. The Morgan fingerprint density at radius 1 is 0.545 bits per heavy atom. The summed E-state index contributed by atoms with van der Waals surface area (Å²) in [7, 11) is 0. The molecule has 0 saturated carbocycles. The van der Waals surface area contributed by atoms with Gasteiger partial charge in [-0.25, -0.2) is 0 Å². The smallest absolute Gasteiger partial charge is 0.136 e. The molecule has 0 unspecified atom stereocenters. The molecule has 0 radical (unpaired) electrons. The number of anilines is 1. The topological polar surface area (TPSA) is 44.1 Å². The van der Waals surface area contributed by atoms with Gasteiger partial charge in [0.15, 0.2) is 0 Å². The van der Waals surface area contributed by atoms with Crippen LogP contribution in [0, 0.1) is 0 Å². The Hall–Kier alpha value is -4.50. The van der Waals surface area contributed by atoms with Crippen LogP contribution in [0.3, 0.4) is 0 Å². The number of hydrogen-bond donors (Lipinski definition) is 1. The largest absolute Gasteiger partial charge is 0.456 e. The molecule has 2 heterocycles. The van der Waals surface area contributed by atoms with Gasteiger partial charge in [-0.15, -0.1) is 0 Å². The van der Waals surface area contributed by atoms with Crippen molar-refractivity contribution in [3.8, 4) is 16.8 Å². The predicted octanol–water partition coefficient (Wildman–Crippen LogP) is 7.93. The van der Waals surface area contributed by atoms with E-state index in [9.17, 15) is 0 Å². The first-order valence-corrected chi connectivity index (χ1v) is 11.1. The van der Waals surface area contributed by atoms with Crippen molar-refractivity contribution in [1.82, 2.24) is 4.57 Å². The monoisotopic (exact) mass is 424 g/mol. The molecule has 7 rings (SSSR count). The molecule has 0 aliphatic rings. The lowest BCUT2D eigenvalue weighted by Gasteiger charge is -2.16. The lowest BCUT2D eigenvalue weighted by molar-refractivity contribution is 0.669. The number of rotatable bonds is 2. The lowest BCUT2D eigenvalue weighted by Crippen LogP contribution is -2.00. The van der Waals surface area contributed by atoms with Crippen LogP contribution in [0.5, 0.6) is 0 Å². The van der Waals surface area contributed by atoms with Gasteiger partial charge >= 0.3 is 0 Å². The molecule has 156 valence electrons. The van der Waals surface area contributed by atoms with Crippen molar-refractivity contribution in [3.63, 3.8) is 0 Å². The van der Waals surface area contributed by atoms with Crippen molar-refractivity contribution in [2.75, 3.05) is 5.73 Å². The van der Waals surface area contributed by atoms with Gasteiger partial charge in [0.25, 0.3) is 0 Å². The zero-order valence-electron chi connectivity index (χ0n) is 17.8. The van der Waals surface area contributed by atoms with Gasteiger partial charge in [-0.2, -0.15) is 0 Å². The lowest BCUT2D eigenvalue weighted by atomic mass is 9.99. The number of nitrogens with zero attached hydrogens (tertiary/aromatic N) is 1. The van der Waals surface area contributed by atoms with E-state index in [-0.39, 0.29) is 0 Å². The molecular formula is C30H20N2O. The number of benzene rings is 5. The van der Waals surface area contributed by atoms with Crippen LogP contribution >= 0.6 is 0 Å². The fourth-order valence-electron chi connectivity index (χ4n) is 5.12. The minimum absolute atomic E-state index is 0.741. The first-order chi connectivity index (χ1) is 16.3. The number of nitrogens with two attached hydrogens (primary N) is 1. The molecule has 0 bridgehead atoms. The van der Waals surface area contributed by atoms with Crippen LogP contribution in [-0.4, -0.2) is 4.57 Å². The third kappa shape index (κ3) is 2.56. The van der Waals surface area contributed by atoms with Crippen molar-refractivity contribution in [2.24, 2.45) is 0 Å². The highest BCUT2D eigenvalue weighted by Gasteiger charge is 2.18. The first-order valence-electron chi connectivity index (χ1n) is 11.1. The number of nitrogen functional groups attached to an aromatic ring is 1. The Morgan fingerprint density at radius 2 is 1.18 bits per heavy atom. The Morgan fingerprint density at radius 3 is 1.94 bits per heavy atom. The molecule has 0 spiro atoms. The quantitative estimate of drug-likeness (QED) is 0.286. The van der Waals surface area contributed by atoms with Gasteiger partial charge < -0.3 is 14.7 Å². The van der Waals surface area contributed by atoms with Crippen molar-refractivity contribution in [3.05, 3.63) is 109 Å². The summed E-state index contributed by atoms with van der Waals surface area (Å²) in [6.07, 6.45) is 0. The van der Waals surface area contributed by atoms with E-state index >= 15 is 0 Å². The van der Waals surface area contributed by atoms with Gasteiger partial charge in [0.05, 0.1) is 16.7 Å². The molecule has 0 fully saturated rings. The summed E-state index contributed by atoms with van der Waals surface area (Å²) >= 11 is 0. The van der Waals surface area contributed by atoms with Crippen molar-refractivity contribution in [1.29, 1.82) is 0 Å². The second kappa shape index (κ2) is 6.75. The van der Waals surface area contributed by atoms with Crippen LogP contribution in [0.1, 0.15) is 0 Å². The van der Waals surface area contributed by atoms with Crippen LogP contribution < -0.4 is 5.73 Å². The maximum atomic E-state index is 6.62. The third-order valence-corrected chi connectivity index (χ3v) is 6.56. The zero-order valence-corrected chi connectivity index (χ0v) is 17.8. The second-order valence-corrected chi connectivity index (χ2v) is 8.42. The standard InChI is InChI=1S/C30H20N2O/c31-24-11-7-14-27(32-25-12-4-1-8-20(25)21-9-2-5-13-26(21)32)30(24)19-16-17-23-22-10-3-6-15-28(22)33-29(23)18-19/h1-18H,31H2. The van der Waals surface area contributed by atoms with Crippen LogP contribution in [0.4, 0.5) is 5.69 Å². The minimum atomic E-state index is 0.741. The molecule has 3 nitrogen and oxygen atoms in total. The fraction of sp³-hybridized carbons (Fsp3) is 0. The van der Waals surface area contributed by atoms with Gasteiger partial charge in [0.2, 0.25) is 0 Å². The molecule has 0 amide bonds. The molecule has 2 N–H and O–H groups in total. The number of hydrogen-bond acceptors (Lipinski definition) is 2. The van der Waals surface area contributed by atoms with E-state index in [4.69, 9.17) is 10.2 Å². The fourth-order valence-corrected chi connectivity index (χ4v) is 5.12. The summed E-state index contributed by atoms with van der Waals surface area (Å²) < 4.78 is 8.50. The molecule has 0 saturated heterocycles. The predicted molar refractivity (Wildman–Crippen MR) is 138 cm³/mol. The molecule has 0 aliphatic carbocycles. The molecule has 7 aromatic rings. The molecule has 0 atom stereocenters. The summed E-state index contributed by atoms with van der Waals surface area (Å²) in [5.74, 6) is 0. The molecule has 5 aromatic carbocycles. The molecule has 33 heavy (non-hydrogen) atoms. The average molecular weight is 425 g/mol. The number of fused-ring (bicyclic) bond motifs is 6. The van der Waals surface area contributed by atoms with Crippen LogP contribution in [0.2, 0.25) is 0 Å². The van der Waals surface area contributed by atoms with E-state index in [2.05, 4.69) is 83.4 Å². The second-order valence-electron chi connectivity index (χ2n) is 8.42. The number of furan rings is 1. The minimum Gasteiger partial charge on any atom is -0.456 e. The van der Waals surface area contributed by atoms with E-state index in [1.54, 1.807) is 0 Å². The van der Waals surface area contributed by atoms with Crippen LogP contribution in [0.15, 0.2) is 114 Å². The number of aromatic nitrogens is 1. The van der Waals surface area contributed by atoms with E-state index in [0.717, 1.165) is 55.5 Å². The van der Waals surface area contributed by atoms with Gasteiger partial charge in [-0.1, -0.05) is 66.7 Å². The Balaban J connectivity index is 1.56. The Labute approximate surface area is 190 Å². The number of para-hydroxylation sites is 3. The first kappa shape index (κ1) is 18.1. The molecule has 3 heteroatoms. The van der Waals surface area contributed by atoms with E-state index in [0.29, 0.717) is 0 Å². The molecular weight excluding hydrogens is 404 g/mol. The summed E-state index contributed by atoms with van der Waals surface area (Å²) in [5.41, 5.74) is 14.6. The van der Waals surface area contributed by atoms with Crippen molar-refractivity contribution >= 4 is 49.4 Å².